The first-order chi connectivity index (χ1) is 13.1. The summed E-state index contributed by atoms with van der Waals surface area (Å²) >= 11 is 0. The Labute approximate surface area is 163 Å². The van der Waals surface area contributed by atoms with Crippen LogP contribution in [0.3, 0.4) is 0 Å². The van der Waals surface area contributed by atoms with Crippen LogP contribution in [-0.2, 0) is 6.42 Å². The highest BCUT2D eigenvalue weighted by molar-refractivity contribution is 6.04. The second kappa shape index (κ2) is 9.23. The summed E-state index contributed by atoms with van der Waals surface area (Å²) in [6, 6.07) is 12.1. The van der Waals surface area contributed by atoms with Gasteiger partial charge in [0.2, 0.25) is 0 Å². The van der Waals surface area contributed by atoms with Crippen LogP contribution in [0.5, 0.6) is 0 Å². The topological polar surface area (TPSA) is 36.7 Å². The van der Waals surface area contributed by atoms with Gasteiger partial charge in [-0.15, -0.1) is 0 Å². The summed E-state index contributed by atoms with van der Waals surface area (Å²) in [7, 11) is 0. The minimum atomic E-state index is -0.0371. The number of carbonyl (C=O) groups is 1. The summed E-state index contributed by atoms with van der Waals surface area (Å²) in [5, 5.41) is 0. The van der Waals surface area contributed by atoms with Crippen LogP contribution in [0.4, 0.5) is 5.69 Å². The van der Waals surface area contributed by atoms with Crippen molar-refractivity contribution in [2.24, 2.45) is 5.92 Å². The van der Waals surface area contributed by atoms with Crippen molar-refractivity contribution < 1.29 is 9.21 Å². The Kier molecular flexibility index (Phi) is 6.73. The predicted molar refractivity (Wildman–Crippen MR) is 110 cm³/mol. The van der Waals surface area contributed by atoms with Crippen LogP contribution in [0, 0.1) is 5.92 Å². The molecule has 1 aromatic heterocycles. The Morgan fingerprint density at radius 2 is 1.89 bits per heavy atom. The molecule has 4 nitrogen and oxygen atoms in total. The van der Waals surface area contributed by atoms with Gasteiger partial charge in [-0.1, -0.05) is 32.9 Å². The zero-order valence-electron chi connectivity index (χ0n) is 16.9. The van der Waals surface area contributed by atoms with Crippen LogP contribution >= 0.6 is 0 Å². The van der Waals surface area contributed by atoms with Crippen molar-refractivity contribution in [2.45, 2.75) is 52.5 Å². The van der Waals surface area contributed by atoms with E-state index in [1.165, 1.54) is 12.0 Å². The number of carbonyl (C=O) groups excluding carboxylic acids is 1. The van der Waals surface area contributed by atoms with Crippen LogP contribution in [-0.4, -0.2) is 36.5 Å². The maximum atomic E-state index is 13.2. The molecule has 1 aromatic carbocycles. The molecule has 2 aromatic rings. The highest BCUT2D eigenvalue weighted by Crippen LogP contribution is 2.27. The molecule has 1 saturated heterocycles. The number of piperidine rings is 1. The van der Waals surface area contributed by atoms with Crippen LogP contribution in [0.25, 0.3) is 0 Å². The summed E-state index contributed by atoms with van der Waals surface area (Å²) in [4.78, 5) is 17.7. The van der Waals surface area contributed by atoms with E-state index in [9.17, 15) is 4.79 Å². The molecule has 146 valence electrons. The van der Waals surface area contributed by atoms with Crippen LogP contribution in [0.1, 0.15) is 56.2 Å². The van der Waals surface area contributed by atoms with E-state index in [0.717, 1.165) is 50.5 Å². The van der Waals surface area contributed by atoms with Gasteiger partial charge >= 0.3 is 0 Å². The average Bonchev–Trinajstić information content (AvgIpc) is 3.23. The lowest BCUT2D eigenvalue weighted by Crippen LogP contribution is -2.48. The fraction of sp³-hybridized carbons (Fsp3) is 0.522. The molecule has 0 aliphatic carbocycles. The van der Waals surface area contributed by atoms with E-state index in [1.54, 1.807) is 18.4 Å². The third-order valence-electron chi connectivity index (χ3n) is 5.52. The second-order valence-electron chi connectivity index (χ2n) is 7.93. The normalized spacial score (nSPS) is 16.0. The largest absolute Gasteiger partial charge is 0.459 e. The Morgan fingerprint density at radius 1 is 1.19 bits per heavy atom. The Morgan fingerprint density at radius 3 is 2.44 bits per heavy atom. The van der Waals surface area contributed by atoms with Gasteiger partial charge in [0.25, 0.3) is 5.91 Å². The van der Waals surface area contributed by atoms with Crippen molar-refractivity contribution in [3.8, 4) is 0 Å². The summed E-state index contributed by atoms with van der Waals surface area (Å²) in [6.45, 7) is 9.95. The summed E-state index contributed by atoms with van der Waals surface area (Å²) < 4.78 is 5.42. The number of likely N-dealkylation sites (tertiary alicyclic amines) is 1. The van der Waals surface area contributed by atoms with Crippen molar-refractivity contribution >= 4 is 11.6 Å². The predicted octanol–water partition coefficient (Wildman–Crippen LogP) is 5.00. The number of amides is 1. The molecule has 1 aliphatic heterocycles. The monoisotopic (exact) mass is 368 g/mol. The van der Waals surface area contributed by atoms with Crippen LogP contribution < -0.4 is 4.90 Å². The summed E-state index contributed by atoms with van der Waals surface area (Å²) in [5.74, 6) is 1.11. The molecule has 1 amide bonds. The SMILES string of the molecule is CCc1ccc(N(C(=O)c2ccco2)C2CCN(CCC(C)C)CC2)cc1. The highest BCUT2D eigenvalue weighted by Gasteiger charge is 2.31. The van der Waals surface area contributed by atoms with Gasteiger partial charge in [0.05, 0.1) is 6.26 Å². The molecular weight excluding hydrogens is 336 g/mol. The maximum Gasteiger partial charge on any atom is 0.294 e. The number of nitrogens with zero attached hydrogens (tertiary/aromatic N) is 2. The second-order valence-corrected chi connectivity index (χ2v) is 7.93. The van der Waals surface area contributed by atoms with Crippen LogP contribution in [0.2, 0.25) is 0 Å². The van der Waals surface area contributed by atoms with Gasteiger partial charge in [-0.25, -0.2) is 0 Å². The van der Waals surface area contributed by atoms with E-state index >= 15 is 0 Å². The Bertz CT molecular complexity index is 698. The summed E-state index contributed by atoms with van der Waals surface area (Å²) in [6.07, 6.45) is 5.80. The lowest BCUT2D eigenvalue weighted by Gasteiger charge is -2.38. The van der Waals surface area contributed by atoms with Gasteiger partial charge in [-0.3, -0.25) is 4.79 Å². The number of anilines is 1. The molecule has 0 N–H and O–H groups in total. The van der Waals surface area contributed by atoms with Crippen molar-refractivity contribution in [1.29, 1.82) is 0 Å². The number of furan rings is 1. The van der Waals surface area contributed by atoms with Gasteiger partial charge in [0, 0.05) is 24.8 Å². The molecule has 0 atom stereocenters. The van der Waals surface area contributed by atoms with E-state index in [-0.39, 0.29) is 11.9 Å². The van der Waals surface area contributed by atoms with Gasteiger partial charge in [0.15, 0.2) is 5.76 Å². The Balaban J connectivity index is 1.75. The average molecular weight is 369 g/mol. The number of rotatable bonds is 7. The standard InChI is InChI=1S/C23H32N2O2/c1-4-19-7-9-20(10-8-19)25(23(26)22-6-5-17-27-22)21-12-15-24(16-13-21)14-11-18(2)3/h5-10,17-18,21H,4,11-16H2,1-3H3. The molecule has 27 heavy (non-hydrogen) atoms. The Hall–Kier alpha value is -2.07. The summed E-state index contributed by atoms with van der Waals surface area (Å²) in [5.41, 5.74) is 2.25. The minimum absolute atomic E-state index is 0.0371. The quantitative estimate of drug-likeness (QED) is 0.690. The van der Waals surface area contributed by atoms with E-state index in [4.69, 9.17) is 4.42 Å². The van der Waals surface area contributed by atoms with E-state index in [1.807, 2.05) is 4.90 Å². The number of hydrogen-bond acceptors (Lipinski definition) is 3. The molecule has 0 unspecified atom stereocenters. The van der Waals surface area contributed by atoms with Gasteiger partial charge < -0.3 is 14.2 Å². The zero-order valence-corrected chi connectivity index (χ0v) is 16.9. The molecule has 1 aliphatic rings. The third kappa shape index (κ3) is 5.01. The first kappa shape index (κ1) is 19.7. The maximum absolute atomic E-state index is 13.2. The number of aryl methyl sites for hydroxylation is 1. The molecule has 4 heteroatoms. The minimum Gasteiger partial charge on any atom is -0.459 e. The zero-order chi connectivity index (χ0) is 19.2. The molecule has 0 bridgehead atoms. The van der Waals surface area contributed by atoms with Crippen molar-refractivity contribution in [3.63, 3.8) is 0 Å². The fourth-order valence-electron chi connectivity index (χ4n) is 3.75. The van der Waals surface area contributed by atoms with Crippen molar-refractivity contribution in [2.75, 3.05) is 24.5 Å². The molecule has 1 fully saturated rings. The lowest BCUT2D eigenvalue weighted by molar-refractivity contribution is 0.0932. The van der Waals surface area contributed by atoms with Crippen LogP contribution in [0.15, 0.2) is 47.1 Å². The van der Waals surface area contributed by atoms with E-state index in [0.29, 0.717) is 5.76 Å². The molecular formula is C23H32N2O2. The van der Waals surface area contributed by atoms with E-state index < -0.39 is 0 Å². The van der Waals surface area contributed by atoms with Gasteiger partial charge in [-0.2, -0.15) is 0 Å². The highest BCUT2D eigenvalue weighted by atomic mass is 16.3. The molecule has 0 saturated carbocycles. The fourth-order valence-corrected chi connectivity index (χ4v) is 3.75. The molecule has 0 radical (unpaired) electrons. The smallest absolute Gasteiger partial charge is 0.294 e. The molecule has 0 spiro atoms. The van der Waals surface area contributed by atoms with Gasteiger partial charge in [0.1, 0.15) is 0 Å². The first-order valence-corrected chi connectivity index (χ1v) is 10.3. The number of hydrogen-bond donors (Lipinski definition) is 0. The molecule has 2 heterocycles. The van der Waals surface area contributed by atoms with Crippen molar-refractivity contribution in [3.05, 3.63) is 54.0 Å². The molecule has 3 rings (SSSR count). The van der Waals surface area contributed by atoms with E-state index in [2.05, 4.69) is 49.9 Å². The van der Waals surface area contributed by atoms with Gasteiger partial charge in [-0.05, 0) is 68.0 Å². The lowest BCUT2D eigenvalue weighted by atomic mass is 10.00. The first-order valence-electron chi connectivity index (χ1n) is 10.3. The third-order valence-corrected chi connectivity index (χ3v) is 5.52. The van der Waals surface area contributed by atoms with Crippen molar-refractivity contribution in [1.82, 2.24) is 4.90 Å². The number of benzene rings is 1.